The third-order valence-corrected chi connectivity index (χ3v) is 3.95. The van der Waals surface area contributed by atoms with Gasteiger partial charge in [0, 0.05) is 24.2 Å². The number of carbonyl (C=O) groups is 2. The Hall–Kier alpha value is -0.920. The zero-order valence-corrected chi connectivity index (χ0v) is 7.57. The maximum atomic E-state index is 11.7. The van der Waals surface area contributed by atoms with E-state index in [1.165, 1.54) is 0 Å². The molecule has 5 atom stereocenters. The van der Waals surface area contributed by atoms with E-state index < -0.39 is 0 Å². The molecule has 2 saturated carbocycles. The fraction of sp³-hybridized carbons (Fsp3) is 0.636. The van der Waals surface area contributed by atoms with Gasteiger partial charge in [-0.15, -0.1) is 0 Å². The standard InChI is InChI=1S/C11H12O2/c1-5-4-8(12)10-7-3-2-6(9(5)10)11(7)13/h2-3,5-7,9-10H,4H2,1H3/t5-,6-,7+,9+,10+/m0/s1. The van der Waals surface area contributed by atoms with Gasteiger partial charge in [-0.3, -0.25) is 9.59 Å². The van der Waals surface area contributed by atoms with E-state index in [0.29, 0.717) is 29.8 Å². The first-order chi connectivity index (χ1) is 6.20. The summed E-state index contributed by atoms with van der Waals surface area (Å²) < 4.78 is 0. The summed E-state index contributed by atoms with van der Waals surface area (Å²) in [7, 11) is 0. The van der Waals surface area contributed by atoms with Gasteiger partial charge in [0.05, 0.1) is 0 Å². The normalized spacial score (nSPS) is 51.9. The number of ketones is 2. The highest BCUT2D eigenvalue weighted by atomic mass is 16.1. The van der Waals surface area contributed by atoms with Crippen molar-refractivity contribution >= 4 is 11.6 Å². The van der Waals surface area contributed by atoms with Crippen LogP contribution in [0.15, 0.2) is 12.2 Å². The van der Waals surface area contributed by atoms with E-state index in [1.807, 2.05) is 12.2 Å². The molecule has 0 N–H and O–H groups in total. The smallest absolute Gasteiger partial charge is 0.147 e. The average molecular weight is 176 g/mol. The van der Waals surface area contributed by atoms with Crippen molar-refractivity contribution in [3.05, 3.63) is 12.2 Å². The Morgan fingerprint density at radius 2 is 1.92 bits per heavy atom. The molecule has 0 aromatic heterocycles. The number of fused-ring (bicyclic) bond motifs is 5. The van der Waals surface area contributed by atoms with Crippen molar-refractivity contribution in [2.24, 2.45) is 29.6 Å². The predicted octanol–water partition coefficient (Wildman–Crippen LogP) is 1.21. The molecule has 2 nitrogen and oxygen atoms in total. The maximum absolute atomic E-state index is 11.7. The maximum Gasteiger partial charge on any atom is 0.147 e. The molecule has 3 aliphatic rings. The van der Waals surface area contributed by atoms with Crippen molar-refractivity contribution < 1.29 is 9.59 Å². The zero-order valence-electron chi connectivity index (χ0n) is 7.57. The van der Waals surface area contributed by atoms with Gasteiger partial charge in [0.2, 0.25) is 0 Å². The van der Waals surface area contributed by atoms with Crippen molar-refractivity contribution in [1.29, 1.82) is 0 Å². The quantitative estimate of drug-likeness (QED) is 0.520. The summed E-state index contributed by atoms with van der Waals surface area (Å²) in [6.45, 7) is 2.10. The first-order valence-electron chi connectivity index (χ1n) is 4.95. The van der Waals surface area contributed by atoms with Crippen molar-refractivity contribution in [2.75, 3.05) is 0 Å². The van der Waals surface area contributed by atoms with Gasteiger partial charge in [-0.2, -0.15) is 0 Å². The lowest BCUT2D eigenvalue weighted by Crippen LogP contribution is -2.20. The Morgan fingerprint density at radius 3 is 2.62 bits per heavy atom. The fourth-order valence-corrected chi connectivity index (χ4v) is 3.44. The van der Waals surface area contributed by atoms with Crippen LogP contribution in [0, 0.1) is 29.6 Å². The van der Waals surface area contributed by atoms with Gasteiger partial charge in [0.1, 0.15) is 11.6 Å². The monoisotopic (exact) mass is 176 g/mol. The van der Waals surface area contributed by atoms with Gasteiger partial charge in [-0.05, 0) is 11.8 Å². The number of hydrogen-bond donors (Lipinski definition) is 0. The van der Waals surface area contributed by atoms with Crippen LogP contribution in [-0.2, 0) is 9.59 Å². The summed E-state index contributed by atoms with van der Waals surface area (Å²) >= 11 is 0. The Bertz CT molecular complexity index is 329. The Balaban J connectivity index is 2.09. The molecule has 0 aliphatic heterocycles. The number of hydrogen-bond acceptors (Lipinski definition) is 2. The minimum Gasteiger partial charge on any atom is -0.299 e. The Morgan fingerprint density at radius 1 is 1.23 bits per heavy atom. The molecule has 0 unspecified atom stereocenters. The Labute approximate surface area is 77.0 Å². The van der Waals surface area contributed by atoms with Crippen molar-refractivity contribution in [1.82, 2.24) is 0 Å². The van der Waals surface area contributed by atoms with Crippen LogP contribution in [0.3, 0.4) is 0 Å². The van der Waals surface area contributed by atoms with Gasteiger partial charge in [-0.1, -0.05) is 19.1 Å². The number of rotatable bonds is 0. The van der Waals surface area contributed by atoms with E-state index in [4.69, 9.17) is 0 Å². The van der Waals surface area contributed by atoms with Gasteiger partial charge in [0.25, 0.3) is 0 Å². The average Bonchev–Trinajstić information content (AvgIpc) is 2.67. The lowest BCUT2D eigenvalue weighted by atomic mass is 9.82. The van der Waals surface area contributed by atoms with E-state index in [-0.39, 0.29) is 17.8 Å². The highest BCUT2D eigenvalue weighted by Crippen LogP contribution is 2.54. The van der Waals surface area contributed by atoms with Crippen LogP contribution in [0.5, 0.6) is 0 Å². The van der Waals surface area contributed by atoms with Gasteiger partial charge in [-0.25, -0.2) is 0 Å². The molecule has 3 aliphatic carbocycles. The zero-order chi connectivity index (χ0) is 9.16. The predicted molar refractivity (Wildman–Crippen MR) is 46.9 cm³/mol. The SMILES string of the molecule is C[C@H]1CC(=O)[C@@H]2[C@H]1[C@@H]1C=C[C@H]2C1=O. The van der Waals surface area contributed by atoms with Gasteiger partial charge < -0.3 is 0 Å². The van der Waals surface area contributed by atoms with Crippen LogP contribution in [0.1, 0.15) is 13.3 Å². The molecule has 0 spiro atoms. The lowest BCUT2D eigenvalue weighted by Gasteiger charge is -2.20. The van der Waals surface area contributed by atoms with Crippen LogP contribution in [-0.4, -0.2) is 11.6 Å². The van der Waals surface area contributed by atoms with Crippen LogP contribution >= 0.6 is 0 Å². The van der Waals surface area contributed by atoms with E-state index in [2.05, 4.69) is 6.92 Å². The second-order valence-electron chi connectivity index (χ2n) is 4.59. The summed E-state index contributed by atoms with van der Waals surface area (Å²) in [5, 5.41) is 0. The molecule has 0 aromatic rings. The number of carbonyl (C=O) groups excluding carboxylic acids is 2. The minimum atomic E-state index is -0.0487. The van der Waals surface area contributed by atoms with E-state index in [1.54, 1.807) is 0 Å². The lowest BCUT2D eigenvalue weighted by molar-refractivity contribution is -0.126. The van der Waals surface area contributed by atoms with Crippen molar-refractivity contribution in [3.8, 4) is 0 Å². The minimum absolute atomic E-state index is 0.0487. The number of Topliss-reactive ketones (excluding diaryl/α,β-unsaturated/α-hetero) is 2. The molecule has 0 aromatic carbocycles. The summed E-state index contributed by atoms with van der Waals surface area (Å²) in [6, 6.07) is 0. The molecule has 13 heavy (non-hydrogen) atoms. The molecule has 68 valence electrons. The topological polar surface area (TPSA) is 34.1 Å². The summed E-state index contributed by atoms with van der Waals surface area (Å²) in [5.74, 6) is 1.47. The van der Waals surface area contributed by atoms with E-state index in [0.717, 1.165) is 0 Å². The highest BCUT2D eigenvalue weighted by molar-refractivity contribution is 6.00. The molecular weight excluding hydrogens is 164 g/mol. The largest absolute Gasteiger partial charge is 0.299 e. The molecular formula is C11H12O2. The molecule has 2 bridgehead atoms. The van der Waals surface area contributed by atoms with Crippen LogP contribution in [0.2, 0.25) is 0 Å². The number of allylic oxidation sites excluding steroid dienone is 2. The molecule has 0 saturated heterocycles. The van der Waals surface area contributed by atoms with Crippen molar-refractivity contribution in [3.63, 3.8) is 0 Å². The Kier molecular flexibility index (Phi) is 1.22. The molecule has 0 heterocycles. The summed E-state index contributed by atoms with van der Waals surface area (Å²) in [6.07, 6.45) is 4.66. The molecule has 0 amide bonds. The summed E-state index contributed by atoms with van der Waals surface area (Å²) in [5.41, 5.74) is 0. The van der Waals surface area contributed by atoms with Crippen LogP contribution in [0.4, 0.5) is 0 Å². The first-order valence-corrected chi connectivity index (χ1v) is 4.95. The molecule has 0 radical (unpaired) electrons. The first kappa shape index (κ1) is 7.48. The third-order valence-electron chi connectivity index (χ3n) is 3.95. The molecule has 2 heteroatoms. The summed E-state index contributed by atoms with van der Waals surface area (Å²) in [4.78, 5) is 23.3. The van der Waals surface area contributed by atoms with E-state index >= 15 is 0 Å². The van der Waals surface area contributed by atoms with Gasteiger partial charge >= 0.3 is 0 Å². The van der Waals surface area contributed by atoms with Crippen LogP contribution in [0.25, 0.3) is 0 Å². The highest BCUT2D eigenvalue weighted by Gasteiger charge is 2.58. The van der Waals surface area contributed by atoms with E-state index in [9.17, 15) is 9.59 Å². The second kappa shape index (κ2) is 2.11. The molecule has 3 rings (SSSR count). The second-order valence-corrected chi connectivity index (χ2v) is 4.59. The van der Waals surface area contributed by atoms with Crippen molar-refractivity contribution in [2.45, 2.75) is 13.3 Å². The third kappa shape index (κ3) is 0.702. The van der Waals surface area contributed by atoms with Crippen LogP contribution < -0.4 is 0 Å². The fourth-order valence-electron chi connectivity index (χ4n) is 3.44. The molecule has 2 fully saturated rings. The van der Waals surface area contributed by atoms with Gasteiger partial charge in [0.15, 0.2) is 0 Å².